The van der Waals surface area contributed by atoms with E-state index in [4.69, 9.17) is 0 Å². The molecule has 1 aliphatic rings. The molecule has 0 aromatic carbocycles. The van der Waals surface area contributed by atoms with Gasteiger partial charge in [-0.25, -0.2) is 4.68 Å². The number of carbonyl (C=O) groups is 1. The van der Waals surface area contributed by atoms with Gasteiger partial charge in [0.15, 0.2) is 5.82 Å². The van der Waals surface area contributed by atoms with Crippen LogP contribution in [-0.4, -0.2) is 45.8 Å². The maximum atomic E-state index is 12.0. The van der Waals surface area contributed by atoms with Gasteiger partial charge in [-0.2, -0.15) is 21.8 Å². The highest BCUT2D eigenvalue weighted by Crippen LogP contribution is 2.23. The summed E-state index contributed by atoms with van der Waals surface area (Å²) in [5, 5.41) is 10.7. The van der Waals surface area contributed by atoms with Crippen LogP contribution in [0.4, 0.5) is 5.95 Å². The fraction of sp³-hybridized carbons (Fsp3) is 0.769. The minimum Gasteiger partial charge on any atom is -0.317 e. The van der Waals surface area contributed by atoms with Crippen LogP contribution in [0.15, 0.2) is 0 Å². The molecule has 1 aromatic rings. The van der Waals surface area contributed by atoms with Crippen LogP contribution in [0.2, 0.25) is 0 Å². The van der Waals surface area contributed by atoms with Crippen LogP contribution in [0, 0.1) is 5.92 Å². The lowest BCUT2D eigenvalue weighted by molar-refractivity contribution is -0.118. The number of hydrogen-bond acceptors (Lipinski definition) is 5. The zero-order chi connectivity index (χ0) is 14.5. The summed E-state index contributed by atoms with van der Waals surface area (Å²) in [6.45, 7) is 3.95. The second-order valence-corrected chi connectivity index (χ2v) is 6.20. The Morgan fingerprint density at radius 2 is 2.25 bits per heavy atom. The summed E-state index contributed by atoms with van der Waals surface area (Å²) in [5.41, 5.74) is 0. The molecule has 0 bridgehead atoms. The zero-order valence-corrected chi connectivity index (χ0v) is 13.2. The Labute approximate surface area is 124 Å². The van der Waals surface area contributed by atoms with Gasteiger partial charge in [-0.3, -0.25) is 10.1 Å². The third kappa shape index (κ3) is 3.73. The smallest absolute Gasteiger partial charge is 0.230 e. The van der Waals surface area contributed by atoms with E-state index in [1.165, 1.54) is 0 Å². The third-order valence-corrected chi connectivity index (χ3v) is 4.42. The Bertz CT molecular complexity index is 456. The first kappa shape index (κ1) is 15.3. The van der Waals surface area contributed by atoms with Crippen molar-refractivity contribution in [2.75, 3.05) is 30.4 Å². The van der Waals surface area contributed by atoms with Crippen LogP contribution in [0.5, 0.6) is 0 Å². The van der Waals surface area contributed by atoms with E-state index in [0.717, 1.165) is 37.5 Å². The number of nitrogens with zero attached hydrogens (tertiary/aromatic N) is 3. The molecule has 2 heterocycles. The van der Waals surface area contributed by atoms with E-state index < -0.39 is 0 Å². The number of anilines is 1. The van der Waals surface area contributed by atoms with Crippen molar-refractivity contribution in [2.45, 2.75) is 25.7 Å². The molecule has 6 nitrogen and oxygen atoms in total. The number of thioether (sulfide) groups is 1. The number of amides is 1. The fourth-order valence-corrected chi connectivity index (χ4v) is 2.98. The fourth-order valence-electron chi connectivity index (χ4n) is 2.33. The number of aromatic nitrogens is 3. The monoisotopic (exact) mass is 297 g/mol. The summed E-state index contributed by atoms with van der Waals surface area (Å²) >= 11 is 1.67. The molecule has 7 heteroatoms. The van der Waals surface area contributed by atoms with E-state index in [-0.39, 0.29) is 11.8 Å². The van der Waals surface area contributed by atoms with Gasteiger partial charge < -0.3 is 5.32 Å². The standard InChI is InChI=1S/C13H23N5OS/c1-9(8-20-3)12(19)16-13-15-11(17-18(13)2)10-4-6-14-7-5-10/h9-10,14H,4-8H2,1-3H3,(H,15,16,17,19). The topological polar surface area (TPSA) is 71.8 Å². The molecule has 1 unspecified atom stereocenters. The Morgan fingerprint density at radius 1 is 1.55 bits per heavy atom. The van der Waals surface area contributed by atoms with Gasteiger partial charge in [0.1, 0.15) is 0 Å². The first-order valence-electron chi connectivity index (χ1n) is 7.03. The molecule has 112 valence electrons. The van der Waals surface area contributed by atoms with Gasteiger partial charge in [-0.05, 0) is 32.2 Å². The van der Waals surface area contributed by atoms with Crippen molar-refractivity contribution in [1.29, 1.82) is 0 Å². The van der Waals surface area contributed by atoms with Crippen molar-refractivity contribution in [3.8, 4) is 0 Å². The van der Waals surface area contributed by atoms with E-state index in [9.17, 15) is 4.79 Å². The second-order valence-electron chi connectivity index (χ2n) is 5.29. The van der Waals surface area contributed by atoms with Crippen molar-refractivity contribution < 1.29 is 4.79 Å². The molecule has 1 fully saturated rings. The lowest BCUT2D eigenvalue weighted by Crippen LogP contribution is -2.27. The maximum Gasteiger partial charge on any atom is 0.230 e. The van der Waals surface area contributed by atoms with Gasteiger partial charge in [0.05, 0.1) is 0 Å². The van der Waals surface area contributed by atoms with E-state index in [2.05, 4.69) is 20.7 Å². The predicted octanol–water partition coefficient (Wildman–Crippen LogP) is 1.22. The van der Waals surface area contributed by atoms with Crippen molar-refractivity contribution >= 4 is 23.6 Å². The van der Waals surface area contributed by atoms with Crippen molar-refractivity contribution in [3.63, 3.8) is 0 Å². The predicted molar refractivity (Wildman–Crippen MR) is 82.0 cm³/mol. The number of carbonyl (C=O) groups excluding carboxylic acids is 1. The molecule has 0 radical (unpaired) electrons. The van der Waals surface area contributed by atoms with E-state index >= 15 is 0 Å². The molecular formula is C13H23N5OS. The van der Waals surface area contributed by atoms with Gasteiger partial charge in [0.2, 0.25) is 11.9 Å². The van der Waals surface area contributed by atoms with E-state index in [1.54, 1.807) is 16.4 Å². The van der Waals surface area contributed by atoms with Crippen LogP contribution in [0.1, 0.15) is 31.5 Å². The molecule has 2 N–H and O–H groups in total. The Kier molecular flexibility index (Phi) is 5.42. The molecule has 0 saturated carbocycles. The zero-order valence-electron chi connectivity index (χ0n) is 12.3. The first-order chi connectivity index (χ1) is 9.61. The molecule has 1 amide bonds. The molecule has 0 spiro atoms. The minimum absolute atomic E-state index is 0.00621. The number of aryl methyl sites for hydroxylation is 1. The summed E-state index contributed by atoms with van der Waals surface area (Å²) in [6, 6.07) is 0. The minimum atomic E-state index is -0.0240. The van der Waals surface area contributed by atoms with Gasteiger partial charge in [0.25, 0.3) is 0 Å². The van der Waals surface area contributed by atoms with Crippen molar-refractivity contribution in [2.24, 2.45) is 13.0 Å². The largest absolute Gasteiger partial charge is 0.317 e. The average molecular weight is 297 g/mol. The van der Waals surface area contributed by atoms with Crippen LogP contribution in [0.3, 0.4) is 0 Å². The van der Waals surface area contributed by atoms with Gasteiger partial charge in [0, 0.05) is 24.6 Å². The van der Waals surface area contributed by atoms with Crippen LogP contribution in [-0.2, 0) is 11.8 Å². The van der Waals surface area contributed by atoms with Crippen molar-refractivity contribution in [1.82, 2.24) is 20.1 Å². The summed E-state index contributed by atoms with van der Waals surface area (Å²) in [6.07, 6.45) is 4.11. The second kappa shape index (κ2) is 7.08. The molecule has 1 aromatic heterocycles. The number of rotatable bonds is 5. The third-order valence-electron chi connectivity index (χ3n) is 3.58. The molecule has 1 aliphatic heterocycles. The number of hydrogen-bond donors (Lipinski definition) is 2. The average Bonchev–Trinajstić information content (AvgIpc) is 2.81. The van der Waals surface area contributed by atoms with Crippen LogP contribution in [0.25, 0.3) is 0 Å². The van der Waals surface area contributed by atoms with Crippen LogP contribution >= 0.6 is 11.8 Å². The molecule has 20 heavy (non-hydrogen) atoms. The first-order valence-corrected chi connectivity index (χ1v) is 8.42. The molecule has 2 rings (SSSR count). The van der Waals surface area contributed by atoms with E-state index in [0.29, 0.717) is 11.9 Å². The normalized spacial score (nSPS) is 17.9. The van der Waals surface area contributed by atoms with Gasteiger partial charge in [-0.15, -0.1) is 0 Å². The lowest BCUT2D eigenvalue weighted by Gasteiger charge is -2.19. The molecular weight excluding hydrogens is 274 g/mol. The highest BCUT2D eigenvalue weighted by Gasteiger charge is 2.22. The number of piperidine rings is 1. The summed E-state index contributed by atoms with van der Waals surface area (Å²) in [7, 11) is 1.83. The van der Waals surface area contributed by atoms with Crippen LogP contribution < -0.4 is 10.6 Å². The SMILES string of the molecule is CSCC(C)C(=O)Nc1nc(C2CCNCC2)nn1C. The molecule has 0 aliphatic carbocycles. The van der Waals surface area contributed by atoms with Crippen molar-refractivity contribution in [3.05, 3.63) is 5.82 Å². The number of nitrogens with one attached hydrogen (secondary N) is 2. The Morgan fingerprint density at radius 3 is 2.90 bits per heavy atom. The Balaban J connectivity index is 2.01. The molecule has 1 atom stereocenters. The lowest BCUT2D eigenvalue weighted by atomic mass is 9.98. The van der Waals surface area contributed by atoms with Gasteiger partial charge in [-0.1, -0.05) is 6.92 Å². The van der Waals surface area contributed by atoms with E-state index in [1.807, 2.05) is 20.2 Å². The molecule has 1 saturated heterocycles. The summed E-state index contributed by atoms with van der Waals surface area (Å²) in [5.74, 6) is 2.59. The highest BCUT2D eigenvalue weighted by atomic mass is 32.2. The summed E-state index contributed by atoms with van der Waals surface area (Å²) < 4.78 is 1.67. The van der Waals surface area contributed by atoms with Gasteiger partial charge >= 0.3 is 0 Å². The maximum absolute atomic E-state index is 12.0. The highest BCUT2D eigenvalue weighted by molar-refractivity contribution is 7.98. The summed E-state index contributed by atoms with van der Waals surface area (Å²) in [4.78, 5) is 16.5. The Hall–Kier alpha value is -1.08. The quantitative estimate of drug-likeness (QED) is 0.855.